The summed E-state index contributed by atoms with van der Waals surface area (Å²) in [5.41, 5.74) is 6.70. The molecule has 0 bridgehead atoms. The second-order valence-electron chi connectivity index (χ2n) is 5.80. The van der Waals surface area contributed by atoms with Crippen molar-refractivity contribution in [3.63, 3.8) is 0 Å². The van der Waals surface area contributed by atoms with Gasteiger partial charge in [0.1, 0.15) is 5.75 Å². The summed E-state index contributed by atoms with van der Waals surface area (Å²) in [5, 5.41) is 0. The lowest BCUT2D eigenvalue weighted by Crippen LogP contribution is -2.54. The van der Waals surface area contributed by atoms with Crippen LogP contribution in [0.1, 0.15) is 51.1 Å². The van der Waals surface area contributed by atoms with E-state index in [1.54, 1.807) is 7.11 Å². The molecule has 1 aromatic rings. The molecule has 116 valence electrons. The van der Waals surface area contributed by atoms with Crippen LogP contribution < -0.4 is 10.5 Å². The number of nitrogens with two attached hydrogens (primary N) is 1. The fraction of sp³-hybridized carbons (Fsp3) is 0.588. The molecule has 4 heteroatoms. The van der Waals surface area contributed by atoms with Gasteiger partial charge in [-0.3, -0.25) is 4.79 Å². The van der Waals surface area contributed by atoms with Gasteiger partial charge in [-0.15, -0.1) is 0 Å². The van der Waals surface area contributed by atoms with Crippen LogP contribution in [0.5, 0.6) is 5.75 Å². The van der Waals surface area contributed by atoms with Crippen molar-refractivity contribution in [3.05, 3.63) is 29.8 Å². The third kappa shape index (κ3) is 3.05. The van der Waals surface area contributed by atoms with Crippen molar-refractivity contribution in [2.75, 3.05) is 13.7 Å². The maximum Gasteiger partial charge on any atom is 0.243 e. The van der Waals surface area contributed by atoms with Crippen molar-refractivity contribution < 1.29 is 9.53 Å². The van der Waals surface area contributed by atoms with Crippen LogP contribution in [0.2, 0.25) is 0 Å². The number of amides is 1. The zero-order valence-electron chi connectivity index (χ0n) is 13.3. The van der Waals surface area contributed by atoms with Crippen molar-refractivity contribution >= 4 is 5.91 Å². The fourth-order valence-corrected chi connectivity index (χ4v) is 3.04. The maximum atomic E-state index is 12.8. The molecule has 1 atom stereocenters. The molecule has 1 unspecified atom stereocenters. The maximum absolute atomic E-state index is 12.8. The van der Waals surface area contributed by atoms with E-state index in [0.29, 0.717) is 12.8 Å². The lowest BCUT2D eigenvalue weighted by atomic mass is 9.91. The molecule has 4 nitrogen and oxygen atoms in total. The number of benzene rings is 1. The highest BCUT2D eigenvalue weighted by atomic mass is 16.5. The SMILES string of the molecule is CCC(N)(CC)C(=O)N1CCCC1c1cccc(OC)c1. The number of hydrogen-bond acceptors (Lipinski definition) is 3. The van der Waals surface area contributed by atoms with Crippen LogP contribution in [0, 0.1) is 0 Å². The standard InChI is InChI=1S/C17H26N2O2/c1-4-17(18,5-2)16(20)19-11-7-10-15(19)13-8-6-9-14(12-13)21-3/h6,8-9,12,15H,4-5,7,10-11,18H2,1-3H3. The molecule has 1 aliphatic heterocycles. The van der Waals surface area contributed by atoms with Gasteiger partial charge in [0.05, 0.1) is 18.7 Å². The first-order chi connectivity index (χ1) is 10.1. The number of carbonyl (C=O) groups excluding carboxylic acids is 1. The van der Waals surface area contributed by atoms with E-state index in [9.17, 15) is 4.79 Å². The van der Waals surface area contributed by atoms with E-state index >= 15 is 0 Å². The van der Waals surface area contributed by atoms with Gasteiger partial charge in [-0.2, -0.15) is 0 Å². The molecular weight excluding hydrogens is 264 g/mol. The number of ether oxygens (including phenoxy) is 1. The van der Waals surface area contributed by atoms with Crippen molar-refractivity contribution in [2.24, 2.45) is 5.73 Å². The molecule has 0 aromatic heterocycles. The predicted molar refractivity (Wildman–Crippen MR) is 84.2 cm³/mol. The molecule has 1 amide bonds. The van der Waals surface area contributed by atoms with Gasteiger partial charge in [0.25, 0.3) is 0 Å². The summed E-state index contributed by atoms with van der Waals surface area (Å²) < 4.78 is 5.29. The molecule has 2 rings (SSSR count). The van der Waals surface area contributed by atoms with E-state index in [1.807, 2.05) is 36.9 Å². The van der Waals surface area contributed by atoms with E-state index in [-0.39, 0.29) is 11.9 Å². The Kier molecular flexibility index (Phi) is 4.88. The topological polar surface area (TPSA) is 55.6 Å². The Bertz CT molecular complexity index is 497. The molecule has 0 radical (unpaired) electrons. The fourth-order valence-electron chi connectivity index (χ4n) is 3.04. The quantitative estimate of drug-likeness (QED) is 0.907. The molecule has 1 fully saturated rings. The normalized spacial score (nSPS) is 18.9. The van der Waals surface area contributed by atoms with Crippen molar-refractivity contribution in [1.29, 1.82) is 0 Å². The molecule has 2 N–H and O–H groups in total. The lowest BCUT2D eigenvalue weighted by molar-refractivity contribution is -0.138. The Morgan fingerprint density at radius 2 is 2.14 bits per heavy atom. The Balaban J connectivity index is 2.26. The second kappa shape index (κ2) is 6.48. The molecule has 0 aliphatic carbocycles. The highest BCUT2D eigenvalue weighted by Crippen LogP contribution is 2.35. The molecule has 21 heavy (non-hydrogen) atoms. The number of likely N-dealkylation sites (tertiary alicyclic amines) is 1. The average Bonchev–Trinajstić information content (AvgIpc) is 3.02. The van der Waals surface area contributed by atoms with Crippen LogP contribution >= 0.6 is 0 Å². The van der Waals surface area contributed by atoms with Gasteiger partial charge in [-0.1, -0.05) is 26.0 Å². The largest absolute Gasteiger partial charge is 0.497 e. The molecule has 1 aliphatic rings. The summed E-state index contributed by atoms with van der Waals surface area (Å²) in [4.78, 5) is 14.8. The first-order valence-corrected chi connectivity index (χ1v) is 7.79. The third-order valence-corrected chi connectivity index (χ3v) is 4.68. The summed E-state index contributed by atoms with van der Waals surface area (Å²) in [6.45, 7) is 4.76. The molecule has 0 saturated carbocycles. The van der Waals surface area contributed by atoms with Gasteiger partial charge >= 0.3 is 0 Å². The van der Waals surface area contributed by atoms with E-state index in [0.717, 1.165) is 30.7 Å². The zero-order chi connectivity index (χ0) is 15.5. The Morgan fingerprint density at radius 3 is 2.76 bits per heavy atom. The van der Waals surface area contributed by atoms with Crippen molar-refractivity contribution in [2.45, 2.75) is 51.1 Å². The van der Waals surface area contributed by atoms with Crippen LogP contribution in [-0.4, -0.2) is 30.0 Å². The van der Waals surface area contributed by atoms with E-state index in [2.05, 4.69) is 6.07 Å². The zero-order valence-corrected chi connectivity index (χ0v) is 13.3. The van der Waals surface area contributed by atoms with Gasteiger partial charge in [-0.05, 0) is 43.4 Å². The van der Waals surface area contributed by atoms with Gasteiger partial charge in [0.2, 0.25) is 5.91 Å². The van der Waals surface area contributed by atoms with E-state index < -0.39 is 5.54 Å². The Labute approximate surface area is 127 Å². The van der Waals surface area contributed by atoms with Crippen LogP contribution in [-0.2, 0) is 4.79 Å². The number of rotatable bonds is 5. The van der Waals surface area contributed by atoms with Crippen LogP contribution in [0.25, 0.3) is 0 Å². The minimum absolute atomic E-state index is 0.0813. The molecular formula is C17H26N2O2. The minimum Gasteiger partial charge on any atom is -0.497 e. The van der Waals surface area contributed by atoms with Gasteiger partial charge in [0.15, 0.2) is 0 Å². The molecule has 1 aromatic carbocycles. The number of methoxy groups -OCH3 is 1. The van der Waals surface area contributed by atoms with Gasteiger partial charge < -0.3 is 15.4 Å². The Morgan fingerprint density at radius 1 is 1.43 bits per heavy atom. The first-order valence-electron chi connectivity index (χ1n) is 7.79. The highest BCUT2D eigenvalue weighted by molar-refractivity contribution is 5.86. The summed E-state index contributed by atoms with van der Waals surface area (Å²) in [6, 6.07) is 8.11. The first kappa shape index (κ1) is 15.8. The van der Waals surface area contributed by atoms with E-state index in [4.69, 9.17) is 10.5 Å². The monoisotopic (exact) mass is 290 g/mol. The highest BCUT2D eigenvalue weighted by Gasteiger charge is 2.39. The van der Waals surface area contributed by atoms with Crippen molar-refractivity contribution in [3.8, 4) is 5.75 Å². The second-order valence-corrected chi connectivity index (χ2v) is 5.80. The van der Waals surface area contributed by atoms with E-state index in [1.165, 1.54) is 0 Å². The number of nitrogens with zero attached hydrogens (tertiary/aromatic N) is 1. The summed E-state index contributed by atoms with van der Waals surface area (Å²) in [6.07, 6.45) is 3.35. The van der Waals surface area contributed by atoms with Crippen LogP contribution in [0.3, 0.4) is 0 Å². The molecule has 0 spiro atoms. The molecule has 1 heterocycles. The minimum atomic E-state index is -0.735. The molecule has 1 saturated heterocycles. The summed E-state index contributed by atoms with van der Waals surface area (Å²) >= 11 is 0. The van der Waals surface area contributed by atoms with Gasteiger partial charge in [-0.25, -0.2) is 0 Å². The third-order valence-electron chi connectivity index (χ3n) is 4.68. The van der Waals surface area contributed by atoms with Crippen molar-refractivity contribution in [1.82, 2.24) is 4.90 Å². The van der Waals surface area contributed by atoms with Gasteiger partial charge in [0, 0.05) is 6.54 Å². The summed E-state index contributed by atoms with van der Waals surface area (Å²) in [5.74, 6) is 0.912. The predicted octanol–water partition coefficient (Wildman–Crippen LogP) is 2.88. The van der Waals surface area contributed by atoms with Crippen LogP contribution in [0.15, 0.2) is 24.3 Å². The smallest absolute Gasteiger partial charge is 0.243 e. The lowest BCUT2D eigenvalue weighted by Gasteiger charge is -2.34. The van der Waals surface area contributed by atoms with Crippen LogP contribution in [0.4, 0.5) is 0 Å². The number of hydrogen-bond donors (Lipinski definition) is 1. The average molecular weight is 290 g/mol. The Hall–Kier alpha value is -1.55. The number of carbonyl (C=O) groups is 1. The summed E-state index contributed by atoms with van der Waals surface area (Å²) in [7, 11) is 1.66.